The summed E-state index contributed by atoms with van der Waals surface area (Å²) in [7, 11) is 0. The van der Waals surface area contributed by atoms with Gasteiger partial charge < -0.3 is 4.74 Å². The lowest BCUT2D eigenvalue weighted by Crippen LogP contribution is -2.43. The van der Waals surface area contributed by atoms with Gasteiger partial charge in [0.25, 0.3) is 11.8 Å². The Kier molecular flexibility index (Phi) is 6.64. The van der Waals surface area contributed by atoms with Gasteiger partial charge in [-0.15, -0.1) is 0 Å². The van der Waals surface area contributed by atoms with Crippen molar-refractivity contribution in [3.63, 3.8) is 0 Å². The normalized spacial score (nSPS) is 10.0. The fourth-order valence-electron chi connectivity index (χ4n) is 1.71. The minimum Gasteiger partial charge on any atom is -0.452 e. The Labute approximate surface area is 158 Å². The Morgan fingerprint density at radius 3 is 2.28 bits per heavy atom. The van der Waals surface area contributed by atoms with Crippen LogP contribution in [0.15, 0.2) is 42.5 Å². The molecule has 0 radical (unpaired) electrons. The van der Waals surface area contributed by atoms with Crippen LogP contribution in [-0.4, -0.2) is 24.4 Å². The second-order valence-electron chi connectivity index (χ2n) is 4.69. The maximum atomic E-state index is 11.9. The number of halogens is 3. The summed E-state index contributed by atoms with van der Waals surface area (Å²) in [4.78, 5) is 35.3. The summed E-state index contributed by atoms with van der Waals surface area (Å²) in [6.07, 6.45) is 0. The van der Waals surface area contributed by atoms with Crippen molar-refractivity contribution >= 4 is 52.6 Å². The van der Waals surface area contributed by atoms with E-state index in [1.165, 1.54) is 42.5 Å². The van der Waals surface area contributed by atoms with Gasteiger partial charge in [0.1, 0.15) is 0 Å². The Morgan fingerprint density at radius 1 is 0.920 bits per heavy atom. The lowest BCUT2D eigenvalue weighted by molar-refractivity contribution is -0.125. The number of rotatable bonds is 4. The summed E-state index contributed by atoms with van der Waals surface area (Å²) >= 11 is 17.4. The van der Waals surface area contributed by atoms with Crippen molar-refractivity contribution in [2.75, 3.05) is 6.61 Å². The molecule has 0 bridgehead atoms. The highest BCUT2D eigenvalue weighted by atomic mass is 35.5. The van der Waals surface area contributed by atoms with E-state index in [0.717, 1.165) is 0 Å². The number of hydrogen-bond donors (Lipinski definition) is 2. The van der Waals surface area contributed by atoms with E-state index in [1.54, 1.807) is 0 Å². The molecule has 9 heteroatoms. The molecule has 2 rings (SSSR count). The monoisotopic (exact) mass is 400 g/mol. The van der Waals surface area contributed by atoms with Crippen molar-refractivity contribution < 1.29 is 19.1 Å². The zero-order valence-electron chi connectivity index (χ0n) is 12.5. The molecule has 0 aliphatic carbocycles. The van der Waals surface area contributed by atoms with Gasteiger partial charge in [0.15, 0.2) is 6.61 Å². The van der Waals surface area contributed by atoms with Crippen LogP contribution in [0.1, 0.15) is 20.7 Å². The van der Waals surface area contributed by atoms with Gasteiger partial charge in [-0.25, -0.2) is 4.79 Å². The molecule has 0 atom stereocenters. The van der Waals surface area contributed by atoms with Gasteiger partial charge in [-0.1, -0.05) is 40.9 Å². The van der Waals surface area contributed by atoms with E-state index < -0.39 is 24.4 Å². The molecule has 0 spiro atoms. The largest absolute Gasteiger partial charge is 0.452 e. The summed E-state index contributed by atoms with van der Waals surface area (Å²) in [5.41, 5.74) is 4.64. The third kappa shape index (κ3) is 5.35. The Morgan fingerprint density at radius 2 is 1.60 bits per heavy atom. The minimum absolute atomic E-state index is 0.0330. The smallest absolute Gasteiger partial charge is 0.340 e. The zero-order chi connectivity index (χ0) is 18.4. The first kappa shape index (κ1) is 19.1. The second kappa shape index (κ2) is 8.71. The summed E-state index contributed by atoms with van der Waals surface area (Å²) in [5, 5.41) is 0.702. The number of amides is 2. The molecule has 0 aromatic heterocycles. The molecule has 130 valence electrons. The maximum Gasteiger partial charge on any atom is 0.340 e. The van der Waals surface area contributed by atoms with Crippen molar-refractivity contribution in [3.8, 4) is 0 Å². The highest BCUT2D eigenvalue weighted by molar-refractivity contribution is 6.43. The van der Waals surface area contributed by atoms with Crippen LogP contribution in [0.3, 0.4) is 0 Å². The molecule has 0 aliphatic rings. The second-order valence-corrected chi connectivity index (χ2v) is 5.91. The van der Waals surface area contributed by atoms with Crippen LogP contribution in [0.5, 0.6) is 0 Å². The molecule has 6 nitrogen and oxygen atoms in total. The predicted molar refractivity (Wildman–Crippen MR) is 93.8 cm³/mol. The number of ether oxygens (including phenoxy) is 1. The highest BCUT2D eigenvalue weighted by Crippen LogP contribution is 2.25. The van der Waals surface area contributed by atoms with Crippen LogP contribution in [0.2, 0.25) is 15.1 Å². The molecular weight excluding hydrogens is 391 g/mol. The first-order valence-electron chi connectivity index (χ1n) is 6.84. The van der Waals surface area contributed by atoms with Gasteiger partial charge >= 0.3 is 5.97 Å². The molecule has 0 aliphatic heterocycles. The first-order chi connectivity index (χ1) is 11.9. The van der Waals surface area contributed by atoms with E-state index in [1.807, 2.05) is 0 Å². The zero-order valence-corrected chi connectivity index (χ0v) is 14.8. The standard InChI is InChI=1S/C16H11Cl3N2O4/c17-10-6-4-9(5-7-10)15(23)21-20-13(22)8-25-16(24)11-2-1-3-12(18)14(11)19/h1-7H,8H2,(H,20,22)(H,21,23). The topological polar surface area (TPSA) is 84.5 Å². The van der Waals surface area contributed by atoms with Crippen LogP contribution in [0.4, 0.5) is 0 Å². The minimum atomic E-state index is -0.813. The SMILES string of the molecule is O=C(COC(=O)c1cccc(Cl)c1Cl)NNC(=O)c1ccc(Cl)cc1. The molecule has 25 heavy (non-hydrogen) atoms. The maximum absolute atomic E-state index is 11.9. The van der Waals surface area contributed by atoms with E-state index >= 15 is 0 Å². The van der Waals surface area contributed by atoms with Crippen LogP contribution in [0, 0.1) is 0 Å². The van der Waals surface area contributed by atoms with Gasteiger partial charge in [0.2, 0.25) is 0 Å². The number of hydrogen-bond acceptors (Lipinski definition) is 4. The molecule has 2 N–H and O–H groups in total. The highest BCUT2D eigenvalue weighted by Gasteiger charge is 2.16. The Balaban J connectivity index is 1.82. The lowest BCUT2D eigenvalue weighted by Gasteiger charge is -2.09. The van der Waals surface area contributed by atoms with Gasteiger partial charge in [-0.3, -0.25) is 20.4 Å². The average molecular weight is 402 g/mol. The van der Waals surface area contributed by atoms with Crippen LogP contribution < -0.4 is 10.9 Å². The van der Waals surface area contributed by atoms with Crippen molar-refractivity contribution in [2.24, 2.45) is 0 Å². The molecule has 2 amide bonds. The Hall–Kier alpha value is -2.28. The van der Waals surface area contributed by atoms with E-state index in [9.17, 15) is 14.4 Å². The van der Waals surface area contributed by atoms with Crippen LogP contribution in [-0.2, 0) is 9.53 Å². The molecule has 0 fully saturated rings. The number of esters is 1. The van der Waals surface area contributed by atoms with Crippen LogP contribution in [0.25, 0.3) is 0 Å². The number of benzene rings is 2. The van der Waals surface area contributed by atoms with Gasteiger partial charge in [-0.2, -0.15) is 0 Å². The van der Waals surface area contributed by atoms with E-state index in [-0.39, 0.29) is 15.6 Å². The van der Waals surface area contributed by atoms with Crippen molar-refractivity contribution in [1.29, 1.82) is 0 Å². The first-order valence-corrected chi connectivity index (χ1v) is 7.97. The number of carbonyl (C=O) groups excluding carboxylic acids is 3. The summed E-state index contributed by atoms with van der Waals surface area (Å²) in [6, 6.07) is 10.5. The summed E-state index contributed by atoms with van der Waals surface area (Å²) in [5.74, 6) is -2.09. The fraction of sp³-hybridized carbons (Fsp3) is 0.0625. The van der Waals surface area contributed by atoms with E-state index in [0.29, 0.717) is 10.6 Å². The third-order valence-corrected chi connectivity index (χ3v) is 4.00. The number of nitrogens with one attached hydrogen (secondary N) is 2. The fourth-order valence-corrected chi connectivity index (χ4v) is 2.21. The average Bonchev–Trinajstić information content (AvgIpc) is 2.60. The van der Waals surface area contributed by atoms with Crippen molar-refractivity contribution in [2.45, 2.75) is 0 Å². The molecule has 2 aromatic rings. The van der Waals surface area contributed by atoms with Gasteiger partial charge in [0, 0.05) is 10.6 Å². The van der Waals surface area contributed by atoms with Crippen molar-refractivity contribution in [1.82, 2.24) is 10.9 Å². The Bertz CT molecular complexity index is 810. The molecule has 2 aromatic carbocycles. The molecule has 0 heterocycles. The molecular formula is C16H11Cl3N2O4. The summed E-state index contributed by atoms with van der Waals surface area (Å²) in [6.45, 7) is -0.609. The van der Waals surface area contributed by atoms with Crippen molar-refractivity contribution in [3.05, 3.63) is 68.7 Å². The number of hydrazine groups is 1. The molecule has 0 saturated heterocycles. The quantitative estimate of drug-likeness (QED) is 0.608. The lowest BCUT2D eigenvalue weighted by atomic mass is 10.2. The van der Waals surface area contributed by atoms with Gasteiger partial charge in [0.05, 0.1) is 15.6 Å². The predicted octanol–water partition coefficient (Wildman–Crippen LogP) is 3.26. The van der Waals surface area contributed by atoms with Gasteiger partial charge in [-0.05, 0) is 36.4 Å². The third-order valence-electron chi connectivity index (χ3n) is 2.93. The van der Waals surface area contributed by atoms with E-state index in [4.69, 9.17) is 39.5 Å². The summed E-state index contributed by atoms with van der Waals surface area (Å²) < 4.78 is 4.82. The van der Waals surface area contributed by atoms with Crippen LogP contribution >= 0.6 is 34.8 Å². The molecule has 0 unspecified atom stereocenters. The molecule has 0 saturated carbocycles. The number of carbonyl (C=O) groups is 3. The van der Waals surface area contributed by atoms with E-state index in [2.05, 4.69) is 10.9 Å².